The topological polar surface area (TPSA) is 61.8 Å². The quantitative estimate of drug-likeness (QED) is 0.318. The SMILES string of the molecule is [Na+].[O-]OOSc1ccc2cc(O)ccc2c1. The normalized spacial score (nSPS) is 10.1. The van der Waals surface area contributed by atoms with Gasteiger partial charge in [0.1, 0.15) is 5.75 Å². The van der Waals surface area contributed by atoms with Gasteiger partial charge in [0.15, 0.2) is 0 Å². The first-order valence-corrected chi connectivity index (χ1v) is 4.90. The Kier molecular flexibility index (Phi) is 5.57. The van der Waals surface area contributed by atoms with Crippen LogP contribution in [0.3, 0.4) is 0 Å². The number of aromatic hydroxyl groups is 1. The zero-order valence-corrected chi connectivity index (χ0v) is 11.4. The maximum absolute atomic E-state index is 9.64. The van der Waals surface area contributed by atoms with Gasteiger partial charge in [0.25, 0.3) is 0 Å². The fourth-order valence-electron chi connectivity index (χ4n) is 1.32. The standard InChI is InChI=1S/C10H8O4S.Na/c11-9-3-1-8-6-10(15-14-13-12)4-2-7(8)5-9;/h1-6,11-12H;/q;+1/p-1. The number of phenols is 1. The summed E-state index contributed by atoms with van der Waals surface area (Å²) in [7, 11) is 0. The largest absolute Gasteiger partial charge is 1.00 e. The smallest absolute Gasteiger partial charge is 0.691 e. The van der Waals surface area contributed by atoms with Crippen molar-refractivity contribution in [1.82, 2.24) is 0 Å². The summed E-state index contributed by atoms with van der Waals surface area (Å²) < 4.78 is 4.20. The molecule has 0 amide bonds. The van der Waals surface area contributed by atoms with Crippen LogP contribution in [-0.4, -0.2) is 5.11 Å². The summed E-state index contributed by atoms with van der Waals surface area (Å²) in [5.74, 6) is 0.224. The predicted molar refractivity (Wildman–Crippen MR) is 53.6 cm³/mol. The van der Waals surface area contributed by atoms with Gasteiger partial charge in [-0.05, 0) is 35.0 Å². The molecular weight excluding hydrogens is 239 g/mol. The average molecular weight is 246 g/mol. The first-order valence-electron chi connectivity index (χ1n) is 4.15. The van der Waals surface area contributed by atoms with Crippen LogP contribution < -0.4 is 34.8 Å². The third kappa shape index (κ3) is 3.36. The average Bonchev–Trinajstić information content (AvgIpc) is 2.26. The van der Waals surface area contributed by atoms with Crippen molar-refractivity contribution >= 4 is 22.8 Å². The summed E-state index contributed by atoms with van der Waals surface area (Å²) in [6, 6.07) is 10.5. The molecule has 2 aromatic carbocycles. The molecule has 6 heteroatoms. The third-order valence-corrected chi connectivity index (χ3v) is 2.52. The maximum Gasteiger partial charge on any atom is 1.00 e. The van der Waals surface area contributed by atoms with E-state index >= 15 is 0 Å². The van der Waals surface area contributed by atoms with Crippen molar-refractivity contribution in [2.24, 2.45) is 0 Å². The molecule has 0 aliphatic heterocycles. The van der Waals surface area contributed by atoms with Crippen LogP contribution in [0.4, 0.5) is 0 Å². The Morgan fingerprint density at radius 2 is 1.75 bits per heavy atom. The van der Waals surface area contributed by atoms with Crippen molar-refractivity contribution in [3.05, 3.63) is 36.4 Å². The zero-order valence-electron chi connectivity index (χ0n) is 8.54. The second-order valence-corrected chi connectivity index (χ2v) is 3.69. The molecule has 0 aromatic heterocycles. The van der Waals surface area contributed by atoms with E-state index in [9.17, 15) is 10.4 Å². The predicted octanol–water partition coefficient (Wildman–Crippen LogP) is -1.22. The van der Waals surface area contributed by atoms with Gasteiger partial charge in [0, 0.05) is 4.90 Å². The fourth-order valence-corrected chi connectivity index (χ4v) is 1.72. The van der Waals surface area contributed by atoms with Crippen LogP contribution in [0.15, 0.2) is 41.3 Å². The summed E-state index contributed by atoms with van der Waals surface area (Å²) in [5, 5.41) is 24.0. The Labute approximate surface area is 119 Å². The summed E-state index contributed by atoms with van der Waals surface area (Å²) in [6.07, 6.45) is 0. The number of fused-ring (bicyclic) bond motifs is 1. The Balaban J connectivity index is 0.00000128. The van der Waals surface area contributed by atoms with Gasteiger partial charge in [-0.15, -0.1) is 0 Å². The van der Waals surface area contributed by atoms with Gasteiger partial charge in [-0.1, -0.05) is 12.1 Å². The number of hydrogen-bond donors (Lipinski definition) is 1. The Hall–Kier alpha value is -0.270. The molecule has 2 aromatic rings. The van der Waals surface area contributed by atoms with E-state index in [4.69, 9.17) is 0 Å². The van der Waals surface area contributed by atoms with Crippen molar-refractivity contribution in [3.8, 4) is 5.75 Å². The van der Waals surface area contributed by atoms with Gasteiger partial charge < -0.3 is 10.4 Å². The molecule has 0 spiro atoms. The van der Waals surface area contributed by atoms with E-state index in [2.05, 4.69) is 9.37 Å². The minimum absolute atomic E-state index is 0. The van der Waals surface area contributed by atoms with E-state index in [-0.39, 0.29) is 35.3 Å². The van der Waals surface area contributed by atoms with E-state index < -0.39 is 0 Å². The minimum Gasteiger partial charge on any atom is -0.691 e. The molecule has 0 saturated heterocycles. The van der Waals surface area contributed by atoms with Crippen LogP contribution in [-0.2, 0) is 9.37 Å². The molecule has 0 aliphatic carbocycles. The molecule has 16 heavy (non-hydrogen) atoms. The van der Waals surface area contributed by atoms with Crippen LogP contribution in [0.1, 0.15) is 0 Å². The van der Waals surface area contributed by atoms with E-state index in [0.717, 1.165) is 27.7 Å². The maximum atomic E-state index is 9.64. The van der Waals surface area contributed by atoms with Crippen LogP contribution in [0.2, 0.25) is 0 Å². The Bertz CT molecular complexity index is 477. The minimum atomic E-state index is 0. The molecule has 0 heterocycles. The molecule has 0 bridgehead atoms. The third-order valence-electron chi connectivity index (χ3n) is 1.95. The molecule has 0 fully saturated rings. The van der Waals surface area contributed by atoms with E-state index in [0.29, 0.717) is 0 Å². The van der Waals surface area contributed by atoms with Gasteiger partial charge in [-0.3, -0.25) is 5.04 Å². The van der Waals surface area contributed by atoms with Crippen molar-refractivity contribution in [2.75, 3.05) is 0 Å². The van der Waals surface area contributed by atoms with Crippen molar-refractivity contribution < 1.29 is 49.3 Å². The molecule has 0 atom stereocenters. The van der Waals surface area contributed by atoms with E-state index in [1.165, 1.54) is 0 Å². The molecule has 0 radical (unpaired) electrons. The van der Waals surface area contributed by atoms with Crippen LogP contribution in [0.5, 0.6) is 5.75 Å². The zero-order chi connectivity index (χ0) is 10.7. The molecule has 2 rings (SSSR count). The molecule has 0 aliphatic rings. The number of hydrogen-bond acceptors (Lipinski definition) is 5. The van der Waals surface area contributed by atoms with Gasteiger partial charge in [-0.2, -0.15) is 4.33 Å². The second-order valence-electron chi connectivity index (χ2n) is 2.91. The van der Waals surface area contributed by atoms with Crippen molar-refractivity contribution in [3.63, 3.8) is 0 Å². The molecule has 4 nitrogen and oxygen atoms in total. The second kappa shape index (κ2) is 6.46. The monoisotopic (exact) mass is 246 g/mol. The van der Waals surface area contributed by atoms with Gasteiger partial charge in [0.05, 0.1) is 12.0 Å². The van der Waals surface area contributed by atoms with Crippen LogP contribution in [0.25, 0.3) is 10.8 Å². The number of phenolic OH excluding ortho intramolecular Hbond substituents is 1. The molecule has 78 valence electrons. The molecule has 0 unspecified atom stereocenters. The van der Waals surface area contributed by atoms with Gasteiger partial charge in [0.2, 0.25) is 0 Å². The molecule has 1 N–H and O–H groups in total. The Morgan fingerprint density at radius 3 is 2.50 bits per heavy atom. The summed E-state index contributed by atoms with van der Waals surface area (Å²) in [6.45, 7) is 0. The van der Waals surface area contributed by atoms with Crippen molar-refractivity contribution in [2.45, 2.75) is 4.90 Å². The van der Waals surface area contributed by atoms with Gasteiger partial charge >= 0.3 is 29.6 Å². The fraction of sp³-hybridized carbons (Fsp3) is 0. The van der Waals surface area contributed by atoms with Crippen LogP contribution >= 0.6 is 12.0 Å². The summed E-state index contributed by atoms with van der Waals surface area (Å²) in [5.41, 5.74) is 0. The summed E-state index contributed by atoms with van der Waals surface area (Å²) in [4.78, 5) is 0.754. The van der Waals surface area contributed by atoms with Gasteiger partial charge in [-0.25, -0.2) is 0 Å². The summed E-state index contributed by atoms with van der Waals surface area (Å²) >= 11 is 0.842. The Morgan fingerprint density at radius 1 is 1.06 bits per heavy atom. The first-order chi connectivity index (χ1) is 7.29. The number of rotatable bonds is 3. The van der Waals surface area contributed by atoms with Crippen LogP contribution in [0, 0.1) is 0 Å². The number of benzene rings is 2. The van der Waals surface area contributed by atoms with Crippen molar-refractivity contribution in [1.29, 1.82) is 0 Å². The molecular formula is C10H7NaO4S. The van der Waals surface area contributed by atoms with E-state index in [1.54, 1.807) is 24.3 Å². The first kappa shape index (κ1) is 13.8. The molecule has 0 saturated carbocycles. The van der Waals surface area contributed by atoms with E-state index in [1.807, 2.05) is 12.1 Å².